The molecule has 2 aliphatic rings. The zero-order valence-electron chi connectivity index (χ0n) is 11.3. The third-order valence-corrected chi connectivity index (χ3v) is 2.88. The Kier molecular flexibility index (Phi) is 4.13. The number of carbonyl (C=O) groups is 4. The van der Waals surface area contributed by atoms with E-state index in [0.29, 0.717) is 0 Å². The van der Waals surface area contributed by atoms with Crippen LogP contribution in [0.25, 0.3) is 0 Å². The van der Waals surface area contributed by atoms with Gasteiger partial charge in [-0.25, -0.2) is 19.2 Å². The average molecular weight is 298 g/mol. The van der Waals surface area contributed by atoms with Gasteiger partial charge in [0, 0.05) is 0 Å². The summed E-state index contributed by atoms with van der Waals surface area (Å²) in [5.41, 5.74) is 0.257. The van der Waals surface area contributed by atoms with Crippen LogP contribution in [0.1, 0.15) is 0 Å². The molecule has 0 radical (unpaired) electrons. The normalized spacial score (nSPS) is 18.7. The van der Waals surface area contributed by atoms with E-state index in [1.165, 1.54) is 36.5 Å². The van der Waals surface area contributed by atoms with E-state index in [9.17, 15) is 19.2 Å². The van der Waals surface area contributed by atoms with Crippen LogP contribution < -0.4 is 0 Å². The summed E-state index contributed by atoms with van der Waals surface area (Å²) < 4.78 is 8.87. The highest BCUT2D eigenvalue weighted by Gasteiger charge is 2.30. The molecule has 2 rings (SSSR count). The fourth-order valence-corrected chi connectivity index (χ4v) is 1.83. The molecule has 0 fully saturated rings. The minimum absolute atomic E-state index is 0.0626. The summed E-state index contributed by atoms with van der Waals surface area (Å²) in [4.78, 5) is 45.4. The lowest BCUT2D eigenvalue weighted by atomic mass is 10.1. The first-order chi connectivity index (χ1) is 10.5. The Labute approximate surface area is 125 Å². The minimum Gasteiger partial charge on any atom is -0.386 e. The Morgan fingerprint density at radius 2 is 0.909 bits per heavy atom. The van der Waals surface area contributed by atoms with Gasteiger partial charge in [0.05, 0.1) is 22.3 Å². The van der Waals surface area contributed by atoms with E-state index < -0.39 is 23.9 Å². The summed E-state index contributed by atoms with van der Waals surface area (Å²) in [6.45, 7) is 6.86. The number of rotatable bonds is 5. The van der Waals surface area contributed by atoms with E-state index in [1.54, 1.807) is 0 Å². The zero-order valence-corrected chi connectivity index (χ0v) is 11.3. The van der Waals surface area contributed by atoms with Gasteiger partial charge in [-0.2, -0.15) is 0 Å². The summed E-state index contributed by atoms with van der Waals surface area (Å²) in [7, 11) is 0. The highest BCUT2D eigenvalue weighted by molar-refractivity contribution is 6.16. The lowest BCUT2D eigenvalue weighted by Crippen LogP contribution is -2.01. The van der Waals surface area contributed by atoms with Gasteiger partial charge in [0.2, 0.25) is 0 Å². The van der Waals surface area contributed by atoms with Gasteiger partial charge >= 0.3 is 23.9 Å². The first-order valence-electron chi connectivity index (χ1n) is 6.10. The highest BCUT2D eigenvalue weighted by atomic mass is 16.6. The Balaban J connectivity index is 2.23. The maximum atomic E-state index is 11.4. The number of hydrogen-bond acceptors (Lipinski definition) is 6. The first kappa shape index (κ1) is 15.1. The van der Waals surface area contributed by atoms with Crippen LogP contribution >= 0.6 is 0 Å². The second-order valence-corrected chi connectivity index (χ2v) is 4.14. The van der Waals surface area contributed by atoms with Crippen LogP contribution in [-0.4, -0.2) is 23.9 Å². The van der Waals surface area contributed by atoms with E-state index >= 15 is 0 Å². The lowest BCUT2D eigenvalue weighted by molar-refractivity contribution is -0.152. The van der Waals surface area contributed by atoms with Gasteiger partial charge in [0.1, 0.15) is 0 Å². The summed E-state index contributed by atoms with van der Waals surface area (Å²) in [5, 5.41) is 0. The molecular weight excluding hydrogens is 288 g/mol. The number of carbonyl (C=O) groups excluding carboxylic acids is 4. The maximum absolute atomic E-state index is 11.4. The van der Waals surface area contributed by atoms with Gasteiger partial charge in [0.25, 0.3) is 0 Å². The monoisotopic (exact) mass is 298 g/mol. The summed E-state index contributed by atoms with van der Waals surface area (Å²) >= 11 is 0. The van der Waals surface area contributed by atoms with Gasteiger partial charge in [-0.05, 0) is 12.2 Å². The van der Waals surface area contributed by atoms with Crippen molar-refractivity contribution in [3.63, 3.8) is 0 Å². The molecule has 110 valence electrons. The molecule has 0 aromatic carbocycles. The Hall–Kier alpha value is -3.28. The summed E-state index contributed by atoms with van der Waals surface area (Å²) in [6.07, 6.45) is 7.98. The Morgan fingerprint density at radius 3 is 1.23 bits per heavy atom. The number of hydrogen-bond donors (Lipinski definition) is 0. The number of esters is 4. The molecule has 2 aliphatic heterocycles. The predicted molar refractivity (Wildman–Crippen MR) is 74.9 cm³/mol. The van der Waals surface area contributed by atoms with Crippen LogP contribution in [0, 0.1) is 0 Å². The van der Waals surface area contributed by atoms with Crippen molar-refractivity contribution in [3.8, 4) is 0 Å². The number of cyclic esters (lactones) is 4. The third-order valence-electron chi connectivity index (χ3n) is 2.88. The van der Waals surface area contributed by atoms with E-state index in [1.807, 2.05) is 0 Å². The first-order valence-corrected chi connectivity index (χ1v) is 6.10. The van der Waals surface area contributed by atoms with E-state index in [-0.39, 0.29) is 22.3 Å². The van der Waals surface area contributed by atoms with Crippen LogP contribution in [0.15, 0.2) is 71.9 Å². The van der Waals surface area contributed by atoms with Crippen LogP contribution in [0.5, 0.6) is 0 Å². The zero-order chi connectivity index (χ0) is 16.3. The van der Waals surface area contributed by atoms with Gasteiger partial charge in [-0.3, -0.25) is 0 Å². The minimum atomic E-state index is -0.772. The van der Waals surface area contributed by atoms with E-state index in [4.69, 9.17) is 0 Å². The molecule has 0 saturated carbocycles. The Morgan fingerprint density at radius 1 is 0.591 bits per heavy atom. The number of ether oxygens (including phenoxy) is 2. The van der Waals surface area contributed by atoms with Crippen LogP contribution in [0.3, 0.4) is 0 Å². The molecule has 0 N–H and O–H groups in total. The van der Waals surface area contributed by atoms with E-state index in [0.717, 1.165) is 0 Å². The highest BCUT2D eigenvalue weighted by Crippen LogP contribution is 2.21. The summed E-state index contributed by atoms with van der Waals surface area (Å²) in [6, 6.07) is 0. The molecule has 0 amide bonds. The topological polar surface area (TPSA) is 86.7 Å². The van der Waals surface area contributed by atoms with Crippen molar-refractivity contribution in [1.29, 1.82) is 0 Å². The molecular formula is C16H10O6. The fourth-order valence-electron chi connectivity index (χ4n) is 1.83. The molecule has 0 unspecified atom stereocenters. The standard InChI is InChI=1S/C16H10O6/c1-3-9-11(15(19)21-13(9)17)7-5-6-8-12-10(4-2)14(18)22-16(12)20/h3-8H,1-2H2/b7-5-,8-6-. The molecule has 0 aliphatic carbocycles. The molecule has 0 spiro atoms. The van der Waals surface area contributed by atoms with Crippen molar-refractivity contribution in [2.75, 3.05) is 0 Å². The van der Waals surface area contributed by atoms with Crippen molar-refractivity contribution in [2.24, 2.45) is 0 Å². The molecule has 0 aromatic heterocycles. The molecule has 0 aromatic rings. The largest absolute Gasteiger partial charge is 0.386 e. The summed E-state index contributed by atoms with van der Waals surface area (Å²) in [5.74, 6) is -3.06. The molecule has 22 heavy (non-hydrogen) atoms. The van der Waals surface area contributed by atoms with Gasteiger partial charge in [0.15, 0.2) is 0 Å². The van der Waals surface area contributed by atoms with Crippen molar-refractivity contribution >= 4 is 23.9 Å². The van der Waals surface area contributed by atoms with Gasteiger partial charge in [-0.15, -0.1) is 0 Å². The predicted octanol–water partition coefficient (Wildman–Crippen LogP) is 1.23. The van der Waals surface area contributed by atoms with Crippen molar-refractivity contribution in [1.82, 2.24) is 0 Å². The second-order valence-electron chi connectivity index (χ2n) is 4.14. The molecule has 6 heteroatoms. The maximum Gasteiger partial charge on any atom is 0.346 e. The molecule has 0 saturated heterocycles. The van der Waals surface area contributed by atoms with Gasteiger partial charge < -0.3 is 9.47 Å². The average Bonchev–Trinajstić information content (AvgIpc) is 2.90. The Bertz CT molecular complexity index is 679. The molecule has 0 bridgehead atoms. The van der Waals surface area contributed by atoms with Crippen molar-refractivity contribution < 1.29 is 28.7 Å². The second kappa shape index (κ2) is 6.01. The fraction of sp³-hybridized carbons (Fsp3) is 0. The molecule has 0 atom stereocenters. The third kappa shape index (κ3) is 2.62. The van der Waals surface area contributed by atoms with Crippen molar-refractivity contribution in [2.45, 2.75) is 0 Å². The number of allylic oxidation sites excluding steroid dienone is 2. The molecule has 6 nitrogen and oxygen atoms in total. The van der Waals surface area contributed by atoms with Crippen molar-refractivity contribution in [3.05, 3.63) is 71.9 Å². The van der Waals surface area contributed by atoms with Gasteiger partial charge in [-0.1, -0.05) is 37.5 Å². The molecule has 2 heterocycles. The van der Waals surface area contributed by atoms with Crippen LogP contribution in [0.4, 0.5) is 0 Å². The van der Waals surface area contributed by atoms with E-state index in [2.05, 4.69) is 22.6 Å². The lowest BCUT2D eigenvalue weighted by Gasteiger charge is -1.89. The van der Waals surface area contributed by atoms with Crippen LogP contribution in [-0.2, 0) is 28.7 Å². The SMILES string of the molecule is C=CC1=C(/C=C\C=C/C2=C(C=C)C(=O)OC2=O)C(=O)OC1=O. The quantitative estimate of drug-likeness (QED) is 0.431. The van der Waals surface area contributed by atoms with Crippen LogP contribution in [0.2, 0.25) is 0 Å². The smallest absolute Gasteiger partial charge is 0.346 e.